The molecular formula is C17H17ClO2. The topological polar surface area (TPSA) is 26.3 Å². The van der Waals surface area contributed by atoms with E-state index in [-0.39, 0.29) is 5.78 Å². The Labute approximate surface area is 124 Å². The maximum absolute atomic E-state index is 12.6. The molecule has 0 atom stereocenters. The van der Waals surface area contributed by atoms with E-state index in [0.717, 1.165) is 11.1 Å². The average molecular weight is 289 g/mol. The summed E-state index contributed by atoms with van der Waals surface area (Å²) < 4.78 is 5.56. The molecule has 0 N–H and O–H groups in total. The summed E-state index contributed by atoms with van der Waals surface area (Å²) in [5.74, 6) is 0.510. The molecule has 0 fully saturated rings. The first-order chi connectivity index (χ1) is 9.52. The third-order valence-corrected chi connectivity index (χ3v) is 3.53. The molecule has 0 aliphatic carbocycles. The molecule has 0 aliphatic heterocycles. The number of ether oxygens (including phenoxy) is 1. The van der Waals surface area contributed by atoms with E-state index in [0.29, 0.717) is 28.5 Å². The van der Waals surface area contributed by atoms with Gasteiger partial charge in [-0.25, -0.2) is 0 Å². The summed E-state index contributed by atoms with van der Waals surface area (Å²) in [6.07, 6.45) is 0. The van der Waals surface area contributed by atoms with Gasteiger partial charge in [0.1, 0.15) is 5.75 Å². The molecule has 0 saturated carbocycles. The Morgan fingerprint density at radius 3 is 2.40 bits per heavy atom. The van der Waals surface area contributed by atoms with Gasteiger partial charge in [-0.15, -0.1) is 0 Å². The lowest BCUT2D eigenvalue weighted by Gasteiger charge is -2.12. The van der Waals surface area contributed by atoms with E-state index in [1.807, 2.05) is 51.1 Å². The van der Waals surface area contributed by atoms with Crippen LogP contribution in [0.4, 0.5) is 0 Å². The lowest BCUT2D eigenvalue weighted by molar-refractivity contribution is 0.103. The maximum Gasteiger partial charge on any atom is 0.196 e. The minimum absolute atomic E-state index is 0.0737. The minimum atomic E-state index is -0.0737. The van der Waals surface area contributed by atoms with Gasteiger partial charge < -0.3 is 4.74 Å². The minimum Gasteiger partial charge on any atom is -0.493 e. The predicted octanol–water partition coefficient (Wildman–Crippen LogP) is 4.59. The molecule has 20 heavy (non-hydrogen) atoms. The molecule has 2 aromatic rings. The van der Waals surface area contributed by atoms with Gasteiger partial charge in [0.05, 0.1) is 12.2 Å². The zero-order valence-electron chi connectivity index (χ0n) is 11.9. The lowest BCUT2D eigenvalue weighted by Crippen LogP contribution is -2.06. The third kappa shape index (κ3) is 3.02. The Balaban J connectivity index is 2.47. The molecule has 3 heteroatoms. The highest BCUT2D eigenvalue weighted by Crippen LogP contribution is 2.28. The first-order valence-electron chi connectivity index (χ1n) is 6.57. The van der Waals surface area contributed by atoms with Crippen LogP contribution >= 0.6 is 11.6 Å². The summed E-state index contributed by atoms with van der Waals surface area (Å²) in [5, 5.41) is 0.573. The fourth-order valence-corrected chi connectivity index (χ4v) is 2.13. The molecule has 104 valence electrons. The second kappa shape index (κ2) is 6.10. The highest BCUT2D eigenvalue weighted by molar-refractivity contribution is 6.32. The molecule has 0 radical (unpaired) electrons. The SMILES string of the molecule is CCOc1cc(C)c(Cl)cc1C(=O)c1ccc(C)cc1. The van der Waals surface area contributed by atoms with Crippen molar-refractivity contribution in [1.82, 2.24) is 0 Å². The molecule has 2 nitrogen and oxygen atoms in total. The van der Waals surface area contributed by atoms with E-state index in [4.69, 9.17) is 16.3 Å². The molecule has 0 spiro atoms. The average Bonchev–Trinajstić information content (AvgIpc) is 2.43. The number of carbonyl (C=O) groups excluding carboxylic acids is 1. The van der Waals surface area contributed by atoms with Crippen LogP contribution in [-0.4, -0.2) is 12.4 Å². The van der Waals surface area contributed by atoms with Crippen molar-refractivity contribution in [2.75, 3.05) is 6.61 Å². The number of benzene rings is 2. The Hall–Kier alpha value is -1.80. The number of halogens is 1. The van der Waals surface area contributed by atoms with Crippen LogP contribution in [0.5, 0.6) is 5.75 Å². The van der Waals surface area contributed by atoms with Crippen LogP contribution < -0.4 is 4.74 Å². The van der Waals surface area contributed by atoms with Crippen molar-refractivity contribution in [3.05, 3.63) is 63.7 Å². The quantitative estimate of drug-likeness (QED) is 0.769. The van der Waals surface area contributed by atoms with Crippen LogP contribution in [0.2, 0.25) is 5.02 Å². The van der Waals surface area contributed by atoms with Gasteiger partial charge in [-0.3, -0.25) is 4.79 Å². The second-order valence-corrected chi connectivity index (χ2v) is 5.13. The predicted molar refractivity (Wildman–Crippen MR) is 82.0 cm³/mol. The van der Waals surface area contributed by atoms with E-state index in [1.54, 1.807) is 6.07 Å². The summed E-state index contributed by atoms with van der Waals surface area (Å²) >= 11 is 6.13. The molecule has 2 rings (SSSR count). The Morgan fingerprint density at radius 2 is 1.80 bits per heavy atom. The monoisotopic (exact) mass is 288 g/mol. The highest BCUT2D eigenvalue weighted by Gasteiger charge is 2.16. The van der Waals surface area contributed by atoms with Crippen molar-refractivity contribution < 1.29 is 9.53 Å². The molecule has 0 aliphatic rings. The number of carbonyl (C=O) groups is 1. The van der Waals surface area contributed by atoms with Crippen LogP contribution in [0, 0.1) is 13.8 Å². The smallest absolute Gasteiger partial charge is 0.196 e. The standard InChI is InChI=1S/C17H17ClO2/c1-4-20-16-9-12(3)15(18)10-14(16)17(19)13-7-5-11(2)6-8-13/h5-10H,4H2,1-3H3. The van der Waals surface area contributed by atoms with Crippen LogP contribution in [0.1, 0.15) is 34.0 Å². The van der Waals surface area contributed by atoms with Gasteiger partial charge in [0, 0.05) is 10.6 Å². The molecule has 0 amide bonds. The van der Waals surface area contributed by atoms with E-state index < -0.39 is 0 Å². The third-order valence-electron chi connectivity index (χ3n) is 3.12. The van der Waals surface area contributed by atoms with Crippen molar-refractivity contribution in [3.8, 4) is 5.75 Å². The number of hydrogen-bond donors (Lipinski definition) is 0. The highest BCUT2D eigenvalue weighted by atomic mass is 35.5. The largest absolute Gasteiger partial charge is 0.493 e. The van der Waals surface area contributed by atoms with Gasteiger partial charge >= 0.3 is 0 Å². The van der Waals surface area contributed by atoms with Crippen molar-refractivity contribution in [1.29, 1.82) is 0 Å². The van der Waals surface area contributed by atoms with E-state index in [1.165, 1.54) is 0 Å². The number of aryl methyl sites for hydroxylation is 2. The van der Waals surface area contributed by atoms with Gasteiger partial charge in [0.2, 0.25) is 0 Å². The Kier molecular flexibility index (Phi) is 4.46. The van der Waals surface area contributed by atoms with Crippen LogP contribution in [-0.2, 0) is 0 Å². The van der Waals surface area contributed by atoms with Crippen molar-refractivity contribution >= 4 is 17.4 Å². The van der Waals surface area contributed by atoms with Crippen molar-refractivity contribution in [3.63, 3.8) is 0 Å². The Morgan fingerprint density at radius 1 is 1.15 bits per heavy atom. The van der Waals surface area contributed by atoms with Gasteiger partial charge in [0.15, 0.2) is 5.78 Å². The first kappa shape index (κ1) is 14.6. The molecular weight excluding hydrogens is 272 g/mol. The summed E-state index contributed by atoms with van der Waals surface area (Å²) in [6.45, 7) is 6.28. The van der Waals surface area contributed by atoms with Crippen LogP contribution in [0.3, 0.4) is 0 Å². The van der Waals surface area contributed by atoms with E-state index in [9.17, 15) is 4.79 Å². The summed E-state index contributed by atoms with van der Waals surface area (Å²) in [5.41, 5.74) is 3.16. The number of hydrogen-bond acceptors (Lipinski definition) is 2. The molecule has 0 bridgehead atoms. The zero-order chi connectivity index (χ0) is 14.7. The Bertz CT molecular complexity index is 630. The maximum atomic E-state index is 12.6. The van der Waals surface area contributed by atoms with Crippen molar-refractivity contribution in [2.45, 2.75) is 20.8 Å². The molecule has 0 unspecified atom stereocenters. The van der Waals surface area contributed by atoms with Gasteiger partial charge in [-0.1, -0.05) is 41.4 Å². The molecule has 0 aromatic heterocycles. The second-order valence-electron chi connectivity index (χ2n) is 4.73. The zero-order valence-corrected chi connectivity index (χ0v) is 12.6. The lowest BCUT2D eigenvalue weighted by atomic mass is 10.00. The number of ketones is 1. The molecule has 0 heterocycles. The number of rotatable bonds is 4. The fraction of sp³-hybridized carbons (Fsp3) is 0.235. The van der Waals surface area contributed by atoms with E-state index in [2.05, 4.69) is 0 Å². The van der Waals surface area contributed by atoms with Gasteiger partial charge in [-0.05, 0) is 38.5 Å². The van der Waals surface area contributed by atoms with Crippen LogP contribution in [0.25, 0.3) is 0 Å². The summed E-state index contributed by atoms with van der Waals surface area (Å²) in [6, 6.07) is 11.0. The fourth-order valence-electron chi connectivity index (χ4n) is 1.97. The molecule has 0 saturated heterocycles. The first-order valence-corrected chi connectivity index (χ1v) is 6.95. The van der Waals surface area contributed by atoms with Gasteiger partial charge in [0.25, 0.3) is 0 Å². The summed E-state index contributed by atoms with van der Waals surface area (Å²) in [4.78, 5) is 12.6. The van der Waals surface area contributed by atoms with Gasteiger partial charge in [-0.2, -0.15) is 0 Å². The normalized spacial score (nSPS) is 10.4. The van der Waals surface area contributed by atoms with E-state index >= 15 is 0 Å². The summed E-state index contributed by atoms with van der Waals surface area (Å²) in [7, 11) is 0. The van der Waals surface area contributed by atoms with Crippen LogP contribution in [0.15, 0.2) is 36.4 Å². The molecule has 2 aromatic carbocycles. The van der Waals surface area contributed by atoms with Crippen molar-refractivity contribution in [2.24, 2.45) is 0 Å².